The van der Waals surface area contributed by atoms with Crippen molar-refractivity contribution in [3.63, 3.8) is 0 Å². The second-order valence-corrected chi connectivity index (χ2v) is 7.20. The fourth-order valence-electron chi connectivity index (χ4n) is 3.01. The molecule has 3 amide bonds. The number of nitrogens with zero attached hydrogens (tertiary/aromatic N) is 1. The minimum Gasteiger partial charge on any atom is -0.375 e. The summed E-state index contributed by atoms with van der Waals surface area (Å²) in [6.45, 7) is 3.58. The quantitative estimate of drug-likeness (QED) is 0.493. The van der Waals surface area contributed by atoms with E-state index in [0.717, 1.165) is 30.6 Å². The number of amides is 3. The van der Waals surface area contributed by atoms with Crippen molar-refractivity contribution in [2.24, 2.45) is 0 Å². The van der Waals surface area contributed by atoms with Crippen LogP contribution in [0.25, 0.3) is 0 Å². The van der Waals surface area contributed by atoms with Gasteiger partial charge in [-0.15, -0.1) is 0 Å². The zero-order valence-corrected chi connectivity index (χ0v) is 17.7. The van der Waals surface area contributed by atoms with Gasteiger partial charge in [0.05, 0.1) is 0 Å². The number of benzene rings is 2. The van der Waals surface area contributed by atoms with Crippen LogP contribution >= 0.6 is 0 Å². The molecular weight excluding hydrogens is 383 g/mol. The lowest BCUT2D eigenvalue weighted by Gasteiger charge is -2.21. The molecule has 0 aliphatic rings. The minimum absolute atomic E-state index is 0.184. The van der Waals surface area contributed by atoms with E-state index >= 15 is 0 Å². The van der Waals surface area contributed by atoms with E-state index in [2.05, 4.69) is 20.9 Å². The first-order valence-corrected chi connectivity index (χ1v) is 10.3. The number of anilines is 1. The molecule has 0 saturated carbocycles. The summed E-state index contributed by atoms with van der Waals surface area (Å²) in [7, 11) is 2.02. The molecule has 1 atom stereocenters. The third kappa shape index (κ3) is 8.11. The standard InChI is InChI=1S/C23H31FN4O2/c1-3-8-21(27-23(30)26-17-18-11-13-19(24)14-12-18)22(29)25-15-7-16-28(2)20-9-5-4-6-10-20/h4-6,9-14,21H,3,7-8,15-17H2,1-2H3,(H,25,29)(H2,26,27,30). The molecule has 3 N–H and O–H groups in total. The van der Waals surface area contributed by atoms with E-state index in [4.69, 9.17) is 0 Å². The molecule has 0 aliphatic carbocycles. The van der Waals surface area contributed by atoms with Gasteiger partial charge >= 0.3 is 6.03 Å². The van der Waals surface area contributed by atoms with Gasteiger partial charge in [-0.25, -0.2) is 9.18 Å². The fraction of sp³-hybridized carbons (Fsp3) is 0.391. The Bertz CT molecular complexity index is 784. The summed E-state index contributed by atoms with van der Waals surface area (Å²) < 4.78 is 12.9. The Kier molecular flexibility index (Phi) is 9.64. The molecule has 0 heterocycles. The number of hydrogen-bond donors (Lipinski definition) is 3. The van der Waals surface area contributed by atoms with Crippen molar-refractivity contribution < 1.29 is 14.0 Å². The van der Waals surface area contributed by atoms with Crippen LogP contribution in [0.15, 0.2) is 54.6 Å². The molecule has 30 heavy (non-hydrogen) atoms. The van der Waals surface area contributed by atoms with E-state index in [1.165, 1.54) is 12.1 Å². The van der Waals surface area contributed by atoms with Crippen LogP contribution in [0.1, 0.15) is 31.7 Å². The molecule has 1 unspecified atom stereocenters. The van der Waals surface area contributed by atoms with Crippen LogP contribution in [0.4, 0.5) is 14.9 Å². The molecule has 0 aliphatic heterocycles. The highest BCUT2D eigenvalue weighted by atomic mass is 19.1. The zero-order valence-electron chi connectivity index (χ0n) is 17.7. The summed E-state index contributed by atoms with van der Waals surface area (Å²) >= 11 is 0. The lowest BCUT2D eigenvalue weighted by molar-refractivity contribution is -0.123. The van der Waals surface area contributed by atoms with Crippen LogP contribution < -0.4 is 20.9 Å². The summed E-state index contributed by atoms with van der Waals surface area (Å²) in [6.07, 6.45) is 2.12. The van der Waals surface area contributed by atoms with E-state index in [-0.39, 0.29) is 18.3 Å². The van der Waals surface area contributed by atoms with Crippen molar-refractivity contribution in [3.8, 4) is 0 Å². The molecule has 2 aromatic carbocycles. The number of carbonyl (C=O) groups excluding carboxylic acids is 2. The maximum atomic E-state index is 12.9. The van der Waals surface area contributed by atoms with Crippen molar-refractivity contribution >= 4 is 17.6 Å². The van der Waals surface area contributed by atoms with Crippen LogP contribution in [-0.2, 0) is 11.3 Å². The normalized spacial score (nSPS) is 11.4. The molecule has 162 valence electrons. The summed E-state index contributed by atoms with van der Waals surface area (Å²) in [5.41, 5.74) is 1.91. The van der Waals surface area contributed by atoms with E-state index in [1.807, 2.05) is 44.3 Å². The third-order valence-corrected chi connectivity index (χ3v) is 4.73. The predicted molar refractivity (Wildman–Crippen MR) is 118 cm³/mol. The van der Waals surface area contributed by atoms with Crippen LogP contribution in [-0.4, -0.2) is 38.1 Å². The first kappa shape index (κ1) is 23.2. The average molecular weight is 415 g/mol. The van der Waals surface area contributed by atoms with Gasteiger partial charge in [-0.3, -0.25) is 4.79 Å². The van der Waals surface area contributed by atoms with Crippen molar-refractivity contribution in [1.29, 1.82) is 0 Å². The third-order valence-electron chi connectivity index (χ3n) is 4.73. The van der Waals surface area contributed by atoms with Gasteiger partial charge in [0, 0.05) is 32.4 Å². The van der Waals surface area contributed by atoms with Crippen molar-refractivity contribution in [3.05, 3.63) is 66.0 Å². The number of urea groups is 1. The van der Waals surface area contributed by atoms with E-state index in [9.17, 15) is 14.0 Å². The van der Waals surface area contributed by atoms with Crippen LogP contribution in [0.3, 0.4) is 0 Å². The highest BCUT2D eigenvalue weighted by Crippen LogP contribution is 2.10. The summed E-state index contributed by atoms with van der Waals surface area (Å²) in [4.78, 5) is 26.8. The molecule has 0 radical (unpaired) electrons. The maximum absolute atomic E-state index is 12.9. The highest BCUT2D eigenvalue weighted by Gasteiger charge is 2.19. The van der Waals surface area contributed by atoms with Crippen molar-refractivity contribution in [1.82, 2.24) is 16.0 Å². The minimum atomic E-state index is -0.588. The maximum Gasteiger partial charge on any atom is 0.315 e. The van der Waals surface area contributed by atoms with Gasteiger partial charge in [0.15, 0.2) is 0 Å². The summed E-state index contributed by atoms with van der Waals surface area (Å²) in [5.74, 6) is -0.506. The number of halogens is 1. The van der Waals surface area contributed by atoms with E-state index < -0.39 is 12.1 Å². The molecule has 7 heteroatoms. The number of nitrogens with one attached hydrogen (secondary N) is 3. The van der Waals surface area contributed by atoms with Gasteiger partial charge in [-0.1, -0.05) is 43.7 Å². The van der Waals surface area contributed by atoms with Crippen molar-refractivity contribution in [2.45, 2.75) is 38.8 Å². The lowest BCUT2D eigenvalue weighted by Crippen LogP contribution is -2.50. The molecule has 2 rings (SSSR count). The Morgan fingerprint density at radius 2 is 1.73 bits per heavy atom. The van der Waals surface area contributed by atoms with Gasteiger partial charge in [-0.2, -0.15) is 0 Å². The van der Waals surface area contributed by atoms with Crippen LogP contribution in [0.2, 0.25) is 0 Å². The van der Waals surface area contributed by atoms with Gasteiger partial charge in [-0.05, 0) is 42.7 Å². The van der Waals surface area contributed by atoms with Crippen LogP contribution in [0, 0.1) is 5.82 Å². The Balaban J connectivity index is 1.72. The Hall–Kier alpha value is -3.09. The second-order valence-electron chi connectivity index (χ2n) is 7.20. The molecule has 0 fully saturated rings. The molecule has 2 aromatic rings. The molecule has 0 spiro atoms. The number of carbonyl (C=O) groups is 2. The predicted octanol–water partition coefficient (Wildman–Crippen LogP) is 3.44. The van der Waals surface area contributed by atoms with E-state index in [0.29, 0.717) is 13.0 Å². The first-order chi connectivity index (χ1) is 14.5. The average Bonchev–Trinajstić information content (AvgIpc) is 2.76. The first-order valence-electron chi connectivity index (χ1n) is 10.3. The largest absolute Gasteiger partial charge is 0.375 e. The Labute approximate surface area is 177 Å². The molecule has 0 aromatic heterocycles. The van der Waals surface area contributed by atoms with E-state index in [1.54, 1.807) is 12.1 Å². The topological polar surface area (TPSA) is 73.5 Å². The van der Waals surface area contributed by atoms with Gasteiger partial charge in [0.1, 0.15) is 11.9 Å². The molecule has 6 nitrogen and oxygen atoms in total. The summed E-state index contributed by atoms with van der Waals surface area (Å²) in [6, 6.07) is 15.0. The number of hydrogen-bond acceptors (Lipinski definition) is 3. The molecule has 0 bridgehead atoms. The SMILES string of the molecule is CCCC(NC(=O)NCc1ccc(F)cc1)C(=O)NCCCN(C)c1ccccc1. The highest BCUT2D eigenvalue weighted by molar-refractivity contribution is 5.86. The van der Waals surface area contributed by atoms with Gasteiger partial charge in [0.25, 0.3) is 0 Å². The lowest BCUT2D eigenvalue weighted by atomic mass is 10.1. The van der Waals surface area contributed by atoms with Gasteiger partial charge < -0.3 is 20.9 Å². The van der Waals surface area contributed by atoms with Crippen molar-refractivity contribution in [2.75, 3.05) is 25.0 Å². The molecule has 0 saturated heterocycles. The fourth-order valence-corrected chi connectivity index (χ4v) is 3.01. The number of para-hydroxylation sites is 1. The number of rotatable bonds is 11. The molecular formula is C23H31FN4O2. The van der Waals surface area contributed by atoms with Crippen LogP contribution in [0.5, 0.6) is 0 Å². The smallest absolute Gasteiger partial charge is 0.315 e. The Morgan fingerprint density at radius 1 is 1.03 bits per heavy atom. The zero-order chi connectivity index (χ0) is 21.8. The Morgan fingerprint density at radius 3 is 2.40 bits per heavy atom. The van der Waals surface area contributed by atoms with Gasteiger partial charge in [0.2, 0.25) is 5.91 Å². The monoisotopic (exact) mass is 414 g/mol. The second kappa shape index (κ2) is 12.5. The summed E-state index contributed by atoms with van der Waals surface area (Å²) in [5, 5.41) is 8.34.